The van der Waals surface area contributed by atoms with Crippen molar-refractivity contribution in [1.82, 2.24) is 5.32 Å². The minimum Gasteiger partial charge on any atom is -0.385 e. The lowest BCUT2D eigenvalue weighted by Crippen LogP contribution is -2.37. The van der Waals surface area contributed by atoms with Crippen molar-refractivity contribution in [2.45, 2.75) is 65.7 Å². The highest BCUT2D eigenvalue weighted by Gasteiger charge is 2.26. The molecule has 0 aliphatic heterocycles. The monoisotopic (exact) mass is 257 g/mol. The van der Waals surface area contributed by atoms with Crippen LogP contribution in [0.2, 0.25) is 0 Å². The average molecular weight is 257 g/mol. The molecular formula is C15H31NO2. The number of carbonyl (C=O) groups is 1. The molecule has 0 heterocycles. The lowest BCUT2D eigenvalue weighted by Gasteiger charge is -2.23. The lowest BCUT2D eigenvalue weighted by molar-refractivity contribution is -0.129. The van der Waals surface area contributed by atoms with E-state index in [9.17, 15) is 4.79 Å². The SMILES string of the molecule is CCCCCCCC(C)(C)C(=O)NCCCOC. The molecular weight excluding hydrogens is 226 g/mol. The number of hydrogen-bond donors (Lipinski definition) is 1. The van der Waals surface area contributed by atoms with Gasteiger partial charge in [0.25, 0.3) is 0 Å². The minimum absolute atomic E-state index is 0.175. The van der Waals surface area contributed by atoms with Crippen molar-refractivity contribution < 1.29 is 9.53 Å². The molecule has 0 aliphatic rings. The number of ether oxygens (including phenoxy) is 1. The first-order chi connectivity index (χ1) is 8.54. The summed E-state index contributed by atoms with van der Waals surface area (Å²) in [5.41, 5.74) is -0.237. The van der Waals surface area contributed by atoms with Crippen molar-refractivity contribution >= 4 is 5.91 Å². The Kier molecular flexibility index (Phi) is 10.0. The molecule has 18 heavy (non-hydrogen) atoms. The van der Waals surface area contributed by atoms with Crippen LogP contribution >= 0.6 is 0 Å². The highest BCUT2D eigenvalue weighted by Crippen LogP contribution is 2.24. The van der Waals surface area contributed by atoms with Crippen molar-refractivity contribution in [3.63, 3.8) is 0 Å². The molecule has 0 aromatic rings. The van der Waals surface area contributed by atoms with E-state index in [4.69, 9.17) is 4.74 Å². The van der Waals surface area contributed by atoms with Crippen LogP contribution in [-0.4, -0.2) is 26.2 Å². The molecule has 108 valence electrons. The fourth-order valence-corrected chi connectivity index (χ4v) is 1.94. The molecule has 1 amide bonds. The Labute approximate surface area is 113 Å². The van der Waals surface area contributed by atoms with Crippen molar-refractivity contribution in [2.75, 3.05) is 20.3 Å². The molecule has 0 rings (SSSR count). The summed E-state index contributed by atoms with van der Waals surface area (Å²) in [6.07, 6.45) is 8.13. The van der Waals surface area contributed by atoms with E-state index in [0.717, 1.165) is 19.3 Å². The van der Waals surface area contributed by atoms with Gasteiger partial charge in [-0.2, -0.15) is 0 Å². The van der Waals surface area contributed by atoms with Crippen LogP contribution in [0.5, 0.6) is 0 Å². The van der Waals surface area contributed by atoms with E-state index >= 15 is 0 Å². The smallest absolute Gasteiger partial charge is 0.225 e. The van der Waals surface area contributed by atoms with Crippen LogP contribution in [0, 0.1) is 5.41 Å². The van der Waals surface area contributed by atoms with Crippen LogP contribution in [0.1, 0.15) is 65.7 Å². The Morgan fingerprint density at radius 1 is 1.11 bits per heavy atom. The van der Waals surface area contributed by atoms with Crippen molar-refractivity contribution in [2.24, 2.45) is 5.41 Å². The van der Waals surface area contributed by atoms with Crippen molar-refractivity contribution in [3.8, 4) is 0 Å². The van der Waals surface area contributed by atoms with E-state index in [2.05, 4.69) is 12.2 Å². The summed E-state index contributed by atoms with van der Waals surface area (Å²) in [5.74, 6) is 0.175. The van der Waals surface area contributed by atoms with Gasteiger partial charge in [-0.3, -0.25) is 4.79 Å². The van der Waals surface area contributed by atoms with Crippen molar-refractivity contribution in [3.05, 3.63) is 0 Å². The van der Waals surface area contributed by atoms with Gasteiger partial charge in [-0.1, -0.05) is 52.9 Å². The molecule has 3 nitrogen and oxygen atoms in total. The number of hydrogen-bond acceptors (Lipinski definition) is 2. The lowest BCUT2D eigenvalue weighted by atomic mass is 9.85. The molecule has 0 unspecified atom stereocenters. The third-order valence-corrected chi connectivity index (χ3v) is 3.33. The predicted molar refractivity (Wildman–Crippen MR) is 76.7 cm³/mol. The van der Waals surface area contributed by atoms with Crippen LogP contribution in [-0.2, 0) is 9.53 Å². The molecule has 0 fully saturated rings. The summed E-state index contributed by atoms with van der Waals surface area (Å²) in [7, 11) is 1.68. The zero-order valence-corrected chi connectivity index (χ0v) is 12.7. The van der Waals surface area contributed by atoms with Gasteiger partial charge in [-0.15, -0.1) is 0 Å². The van der Waals surface area contributed by atoms with E-state index in [1.54, 1.807) is 7.11 Å². The van der Waals surface area contributed by atoms with Gasteiger partial charge >= 0.3 is 0 Å². The molecule has 0 aromatic heterocycles. The number of methoxy groups -OCH3 is 1. The molecule has 3 heteroatoms. The summed E-state index contributed by atoms with van der Waals surface area (Å²) >= 11 is 0. The largest absolute Gasteiger partial charge is 0.385 e. The van der Waals surface area contributed by atoms with Gasteiger partial charge in [-0.25, -0.2) is 0 Å². The molecule has 0 spiro atoms. The third-order valence-electron chi connectivity index (χ3n) is 3.33. The molecule has 0 atom stereocenters. The summed E-state index contributed by atoms with van der Waals surface area (Å²) in [6.45, 7) is 7.72. The fraction of sp³-hybridized carbons (Fsp3) is 0.933. The van der Waals surface area contributed by atoms with Crippen LogP contribution in [0.15, 0.2) is 0 Å². The van der Waals surface area contributed by atoms with Crippen LogP contribution in [0.3, 0.4) is 0 Å². The van der Waals surface area contributed by atoms with Gasteiger partial charge in [0, 0.05) is 25.7 Å². The number of nitrogens with one attached hydrogen (secondary N) is 1. The maximum Gasteiger partial charge on any atom is 0.225 e. The molecule has 1 N–H and O–H groups in total. The van der Waals surface area contributed by atoms with Gasteiger partial charge in [0.15, 0.2) is 0 Å². The maximum absolute atomic E-state index is 12.0. The molecule has 0 aromatic carbocycles. The number of carbonyl (C=O) groups excluding carboxylic acids is 1. The second kappa shape index (κ2) is 10.4. The Hall–Kier alpha value is -0.570. The quantitative estimate of drug-likeness (QED) is 0.575. The Bertz CT molecular complexity index is 215. The first-order valence-electron chi connectivity index (χ1n) is 7.32. The van der Waals surface area contributed by atoms with Gasteiger partial charge in [0.2, 0.25) is 5.91 Å². The van der Waals surface area contributed by atoms with Crippen LogP contribution in [0.25, 0.3) is 0 Å². The van der Waals surface area contributed by atoms with Crippen molar-refractivity contribution in [1.29, 1.82) is 0 Å². The van der Waals surface area contributed by atoms with Gasteiger partial charge < -0.3 is 10.1 Å². The Morgan fingerprint density at radius 2 is 1.78 bits per heavy atom. The Balaban J connectivity index is 3.71. The van der Waals surface area contributed by atoms with E-state index < -0.39 is 0 Å². The first-order valence-corrected chi connectivity index (χ1v) is 7.32. The van der Waals surface area contributed by atoms with E-state index in [1.807, 2.05) is 13.8 Å². The normalized spacial score (nSPS) is 11.6. The van der Waals surface area contributed by atoms with Crippen LogP contribution in [0.4, 0.5) is 0 Å². The highest BCUT2D eigenvalue weighted by molar-refractivity contribution is 5.81. The van der Waals surface area contributed by atoms with Gasteiger partial charge in [-0.05, 0) is 12.8 Å². The zero-order chi connectivity index (χ0) is 13.9. The highest BCUT2D eigenvalue weighted by atomic mass is 16.5. The first kappa shape index (κ1) is 17.4. The van der Waals surface area contributed by atoms with E-state index in [1.165, 1.54) is 25.7 Å². The number of rotatable bonds is 11. The Morgan fingerprint density at radius 3 is 2.39 bits per heavy atom. The molecule has 0 saturated carbocycles. The number of unbranched alkanes of at least 4 members (excludes halogenated alkanes) is 4. The summed E-state index contributed by atoms with van der Waals surface area (Å²) in [6, 6.07) is 0. The van der Waals surface area contributed by atoms with Gasteiger partial charge in [0.05, 0.1) is 0 Å². The molecule has 0 bridgehead atoms. The molecule has 0 radical (unpaired) electrons. The summed E-state index contributed by atoms with van der Waals surface area (Å²) < 4.78 is 4.96. The van der Waals surface area contributed by atoms with Gasteiger partial charge in [0.1, 0.15) is 0 Å². The second-order valence-electron chi connectivity index (χ2n) is 5.65. The van der Waals surface area contributed by atoms with E-state index in [-0.39, 0.29) is 11.3 Å². The number of amides is 1. The predicted octanol–water partition coefficient (Wildman–Crippen LogP) is 3.53. The standard InChI is InChI=1S/C15H31NO2/c1-5-6-7-8-9-11-15(2,3)14(17)16-12-10-13-18-4/h5-13H2,1-4H3,(H,16,17). The topological polar surface area (TPSA) is 38.3 Å². The fourth-order valence-electron chi connectivity index (χ4n) is 1.94. The average Bonchev–Trinajstić information content (AvgIpc) is 2.34. The van der Waals surface area contributed by atoms with E-state index in [0.29, 0.717) is 13.2 Å². The molecule has 0 saturated heterocycles. The van der Waals surface area contributed by atoms with Crippen LogP contribution < -0.4 is 5.32 Å². The summed E-state index contributed by atoms with van der Waals surface area (Å²) in [4.78, 5) is 12.0. The third kappa shape index (κ3) is 8.51. The minimum atomic E-state index is -0.237. The molecule has 0 aliphatic carbocycles. The summed E-state index contributed by atoms with van der Waals surface area (Å²) in [5, 5.41) is 2.99. The second-order valence-corrected chi connectivity index (χ2v) is 5.65. The zero-order valence-electron chi connectivity index (χ0n) is 12.7. The maximum atomic E-state index is 12.0.